The van der Waals surface area contributed by atoms with Gasteiger partial charge in [0.2, 0.25) is 12.2 Å². The Morgan fingerprint density at radius 1 is 1.07 bits per heavy atom. The maximum atomic E-state index is 12.5. The van der Waals surface area contributed by atoms with E-state index in [0.717, 1.165) is 0 Å². The van der Waals surface area contributed by atoms with Crippen LogP contribution in [-0.2, 0) is 25.5 Å². The number of ether oxygens (including phenoxy) is 3. The van der Waals surface area contributed by atoms with Crippen molar-refractivity contribution in [3.05, 3.63) is 40.2 Å². The van der Waals surface area contributed by atoms with Gasteiger partial charge in [-0.1, -0.05) is 13.8 Å². The van der Waals surface area contributed by atoms with Crippen molar-refractivity contribution in [2.75, 3.05) is 19.7 Å². The minimum absolute atomic E-state index is 0.0688. The summed E-state index contributed by atoms with van der Waals surface area (Å²) >= 11 is 0. The number of aliphatic hydroxyl groups is 3. The van der Waals surface area contributed by atoms with Gasteiger partial charge in [0.15, 0.2) is 5.79 Å². The normalized spacial score (nSPS) is 26.7. The Morgan fingerprint density at radius 2 is 1.78 bits per heavy atom. The quantitative estimate of drug-likeness (QED) is 0.146. The van der Waals surface area contributed by atoms with Crippen LogP contribution in [0.25, 0.3) is 11.0 Å². The van der Waals surface area contributed by atoms with Crippen LogP contribution in [-0.4, -0.2) is 82.4 Å². The van der Waals surface area contributed by atoms with Gasteiger partial charge in [-0.2, -0.15) is 0 Å². The average molecular weight is 579 g/mol. The van der Waals surface area contributed by atoms with Gasteiger partial charge in [0.05, 0.1) is 25.0 Å². The fourth-order valence-electron chi connectivity index (χ4n) is 4.99. The summed E-state index contributed by atoms with van der Waals surface area (Å²) in [5.74, 6) is -6.71. The lowest BCUT2D eigenvalue weighted by molar-refractivity contribution is -0.337. The van der Waals surface area contributed by atoms with E-state index in [2.05, 4.69) is 10.6 Å². The van der Waals surface area contributed by atoms with Gasteiger partial charge in [0.1, 0.15) is 23.4 Å². The Bertz CT molecular complexity index is 1340. The number of nitrogens with one attached hydrogen (secondary N) is 2. The molecule has 1 aromatic heterocycles. The second-order valence-electron chi connectivity index (χ2n) is 10.6. The standard InChI is InChI=1S/C27H34N2O12/c1-13(2)12-38-26(36)29-8-4-3-7-28-18(30)9-14-10-19(31)40-17-11-15(5-6-16(14)17)39-25-23(33)20-22(32)21(24(34)35)27(20,37)41-25/h5-6,10-11,13,20-23,25,32-33,37H,3-4,7-9,12H2,1-2H3,(H,28,30)(H,29,36)(H,34,35). The van der Waals surface area contributed by atoms with Crippen LogP contribution in [0, 0.1) is 17.8 Å². The van der Waals surface area contributed by atoms with Gasteiger partial charge in [-0.25, -0.2) is 9.59 Å². The number of fused-ring (bicyclic) bond motifs is 2. The first-order chi connectivity index (χ1) is 19.4. The number of aliphatic hydroxyl groups excluding tert-OH is 2. The Balaban J connectivity index is 1.31. The number of aliphatic carboxylic acids is 1. The third-order valence-electron chi connectivity index (χ3n) is 7.00. The topological polar surface area (TPSA) is 214 Å². The summed E-state index contributed by atoms with van der Waals surface area (Å²) in [4.78, 5) is 47.6. The molecule has 1 saturated carbocycles. The van der Waals surface area contributed by atoms with Crippen LogP contribution in [0.1, 0.15) is 32.3 Å². The van der Waals surface area contributed by atoms with Gasteiger partial charge >= 0.3 is 17.7 Å². The molecule has 14 nitrogen and oxygen atoms in total. The molecule has 2 fully saturated rings. The molecule has 0 bridgehead atoms. The van der Waals surface area contributed by atoms with Crippen molar-refractivity contribution in [1.82, 2.24) is 10.6 Å². The highest BCUT2D eigenvalue weighted by Crippen LogP contribution is 2.53. The molecule has 224 valence electrons. The van der Waals surface area contributed by atoms with Crippen LogP contribution in [0.3, 0.4) is 0 Å². The van der Waals surface area contributed by atoms with Gasteiger partial charge in [-0.15, -0.1) is 0 Å². The molecule has 0 spiro atoms. The number of carboxylic acids is 1. The molecule has 1 aromatic carbocycles. The van der Waals surface area contributed by atoms with E-state index in [4.69, 9.17) is 18.6 Å². The summed E-state index contributed by atoms with van der Waals surface area (Å²) in [6.07, 6.45) is -3.89. The number of carbonyl (C=O) groups excluding carboxylic acids is 2. The third kappa shape index (κ3) is 6.62. The van der Waals surface area contributed by atoms with Crippen LogP contribution in [0.15, 0.2) is 33.5 Å². The Hall–Kier alpha value is -3.72. The number of rotatable bonds is 12. The molecule has 41 heavy (non-hydrogen) atoms. The van der Waals surface area contributed by atoms with Crippen molar-refractivity contribution >= 4 is 28.9 Å². The number of hydrogen-bond donors (Lipinski definition) is 6. The van der Waals surface area contributed by atoms with E-state index in [-0.39, 0.29) is 29.6 Å². The number of unbranched alkanes of at least 4 members (excludes halogenated alkanes) is 1. The molecule has 14 heteroatoms. The molecule has 1 saturated heterocycles. The van der Waals surface area contributed by atoms with E-state index in [0.29, 0.717) is 43.5 Å². The van der Waals surface area contributed by atoms with E-state index in [1.807, 2.05) is 13.8 Å². The molecule has 6 atom stereocenters. The predicted molar refractivity (Wildman–Crippen MR) is 140 cm³/mol. The zero-order valence-corrected chi connectivity index (χ0v) is 22.6. The van der Waals surface area contributed by atoms with Gasteiger partial charge in [0, 0.05) is 30.6 Å². The first kappa shape index (κ1) is 30.2. The SMILES string of the molecule is CC(C)COC(=O)NCCCCNC(=O)Cc1cc(=O)oc2cc(OC3OC4(O)C(C(=O)O)C(O)C4C3O)ccc12. The van der Waals surface area contributed by atoms with Crippen molar-refractivity contribution in [3.63, 3.8) is 0 Å². The van der Waals surface area contributed by atoms with Gasteiger partial charge in [-0.3, -0.25) is 9.59 Å². The van der Waals surface area contributed by atoms with Crippen molar-refractivity contribution in [2.45, 2.75) is 57.4 Å². The summed E-state index contributed by atoms with van der Waals surface area (Å²) in [5, 5.41) is 46.1. The third-order valence-corrected chi connectivity index (χ3v) is 7.00. The van der Waals surface area contributed by atoms with Crippen LogP contribution in [0.4, 0.5) is 4.79 Å². The summed E-state index contributed by atoms with van der Waals surface area (Å²) in [6.45, 7) is 4.99. The van der Waals surface area contributed by atoms with Gasteiger partial charge in [0.25, 0.3) is 0 Å². The maximum absolute atomic E-state index is 12.5. The minimum atomic E-state index is -2.30. The molecule has 4 rings (SSSR count). The van der Waals surface area contributed by atoms with Crippen molar-refractivity contribution < 1.29 is 53.4 Å². The lowest BCUT2D eigenvalue weighted by atomic mass is 9.64. The van der Waals surface area contributed by atoms with Crippen molar-refractivity contribution in [1.29, 1.82) is 0 Å². The highest BCUT2D eigenvalue weighted by molar-refractivity contribution is 5.87. The van der Waals surface area contributed by atoms with E-state index in [1.54, 1.807) is 6.07 Å². The number of amides is 2. The fraction of sp³-hybridized carbons (Fsp3) is 0.556. The van der Waals surface area contributed by atoms with E-state index in [1.165, 1.54) is 18.2 Å². The molecule has 2 heterocycles. The smallest absolute Gasteiger partial charge is 0.407 e. The lowest BCUT2D eigenvalue weighted by Crippen LogP contribution is -2.68. The second-order valence-corrected chi connectivity index (χ2v) is 10.6. The molecule has 1 aliphatic heterocycles. The zero-order valence-electron chi connectivity index (χ0n) is 22.6. The number of alkyl carbamates (subject to hydrolysis) is 1. The molecule has 2 aromatic rings. The minimum Gasteiger partial charge on any atom is -0.481 e. The predicted octanol–water partition coefficient (Wildman–Crippen LogP) is 0.0902. The summed E-state index contributed by atoms with van der Waals surface area (Å²) in [6, 6.07) is 5.55. The number of hydrogen-bond acceptors (Lipinski definition) is 11. The number of benzene rings is 1. The van der Waals surface area contributed by atoms with Crippen molar-refractivity contribution in [2.24, 2.45) is 17.8 Å². The fourth-order valence-corrected chi connectivity index (χ4v) is 4.99. The average Bonchev–Trinajstić information content (AvgIpc) is 3.09. The van der Waals surface area contributed by atoms with Crippen LogP contribution in [0.2, 0.25) is 0 Å². The highest BCUT2D eigenvalue weighted by Gasteiger charge is 2.74. The molecule has 1 aliphatic carbocycles. The molecule has 6 N–H and O–H groups in total. The highest BCUT2D eigenvalue weighted by atomic mass is 16.8. The molecule has 2 amide bonds. The Kier molecular flexibility index (Phi) is 9.17. The van der Waals surface area contributed by atoms with Gasteiger partial charge < -0.3 is 49.7 Å². The second kappa shape index (κ2) is 12.4. The van der Waals surface area contributed by atoms with E-state index >= 15 is 0 Å². The van der Waals surface area contributed by atoms with Crippen LogP contribution in [0.5, 0.6) is 5.75 Å². The zero-order chi connectivity index (χ0) is 29.9. The maximum Gasteiger partial charge on any atom is 0.407 e. The first-order valence-electron chi connectivity index (χ1n) is 13.3. The number of carboxylic acid groups (broad SMARTS) is 1. The Morgan fingerprint density at radius 3 is 2.46 bits per heavy atom. The van der Waals surface area contributed by atoms with Crippen molar-refractivity contribution in [3.8, 4) is 5.75 Å². The number of carbonyl (C=O) groups is 3. The summed E-state index contributed by atoms with van der Waals surface area (Å²) < 4.78 is 21.1. The van der Waals surface area contributed by atoms with E-state index in [9.17, 15) is 39.6 Å². The Labute approximate surface area is 234 Å². The molecule has 0 radical (unpaired) electrons. The van der Waals surface area contributed by atoms with Crippen LogP contribution >= 0.6 is 0 Å². The summed E-state index contributed by atoms with van der Waals surface area (Å²) in [7, 11) is 0. The molecular formula is C27H34N2O12. The molecule has 2 aliphatic rings. The molecular weight excluding hydrogens is 544 g/mol. The molecule has 6 unspecified atom stereocenters. The lowest BCUT2D eigenvalue weighted by Gasteiger charge is -2.48. The van der Waals surface area contributed by atoms with Crippen LogP contribution < -0.4 is 21.0 Å². The monoisotopic (exact) mass is 578 g/mol. The van der Waals surface area contributed by atoms with Gasteiger partial charge in [-0.05, 0) is 36.5 Å². The van der Waals surface area contributed by atoms with E-state index < -0.39 is 53.8 Å². The largest absolute Gasteiger partial charge is 0.481 e. The first-order valence-corrected chi connectivity index (χ1v) is 13.3. The summed E-state index contributed by atoms with van der Waals surface area (Å²) in [5.41, 5.74) is -0.206.